The molecule has 0 saturated carbocycles. The van der Waals surface area contributed by atoms with Gasteiger partial charge in [0.1, 0.15) is 30.3 Å². The lowest BCUT2D eigenvalue weighted by molar-refractivity contribution is -0.125. The molecule has 0 bridgehead atoms. The van der Waals surface area contributed by atoms with Crippen molar-refractivity contribution in [3.05, 3.63) is 58.1 Å². The third-order valence-corrected chi connectivity index (χ3v) is 7.50. The molecule has 1 N–H and O–H groups in total. The third kappa shape index (κ3) is 6.94. The summed E-state index contributed by atoms with van der Waals surface area (Å²) in [6.07, 6.45) is 2.18. The summed E-state index contributed by atoms with van der Waals surface area (Å²) in [6.45, 7) is 7.26. The number of piperidine rings is 1. The van der Waals surface area contributed by atoms with Crippen LogP contribution in [0.1, 0.15) is 36.0 Å². The van der Waals surface area contributed by atoms with Crippen molar-refractivity contribution in [2.45, 2.75) is 45.3 Å². The summed E-state index contributed by atoms with van der Waals surface area (Å²) in [4.78, 5) is 28.7. The van der Waals surface area contributed by atoms with Crippen LogP contribution in [-0.4, -0.2) is 83.8 Å². The molecule has 0 radical (unpaired) electrons. The second-order valence-electron chi connectivity index (χ2n) is 10.2. The molecule has 2 aromatic rings. The van der Waals surface area contributed by atoms with Gasteiger partial charge >= 0.3 is 6.03 Å². The first-order chi connectivity index (χ1) is 17.6. The summed E-state index contributed by atoms with van der Waals surface area (Å²) in [7, 11) is 1.62. The van der Waals surface area contributed by atoms with E-state index in [2.05, 4.69) is 4.90 Å². The van der Waals surface area contributed by atoms with Gasteiger partial charge in [-0.25, -0.2) is 4.79 Å². The quantitative estimate of drug-likeness (QED) is 0.370. The van der Waals surface area contributed by atoms with Gasteiger partial charge in [0.05, 0.1) is 6.61 Å². The predicted molar refractivity (Wildman–Crippen MR) is 142 cm³/mol. The van der Waals surface area contributed by atoms with Crippen LogP contribution >= 0.6 is 11.6 Å². The molecule has 1 atom stereocenters. The van der Waals surface area contributed by atoms with Gasteiger partial charge in [0, 0.05) is 31.7 Å². The Morgan fingerprint density at radius 3 is 2.41 bits per heavy atom. The molecule has 2 aliphatic rings. The summed E-state index contributed by atoms with van der Waals surface area (Å²) >= 11 is 6.26. The standard InChI is InChI=1S/C28H36ClN3O5/c1-20-14-24(15-21(2)26(20)29)37-19-28(35)10-4-11-31(18-28)16-22-6-8-23(9-7-22)36-13-5-12-32-25(33)17-30(3)27(32)34/h6-9,14-15,35H,4-5,10-13,16-19H2,1-3H3. The average Bonchev–Trinajstić information content (AvgIpc) is 3.10. The van der Waals surface area contributed by atoms with Crippen molar-refractivity contribution in [2.24, 2.45) is 0 Å². The van der Waals surface area contributed by atoms with Crippen LogP contribution in [0.4, 0.5) is 4.79 Å². The zero-order chi connectivity index (χ0) is 26.6. The lowest BCUT2D eigenvalue weighted by atomic mass is 9.93. The summed E-state index contributed by atoms with van der Waals surface area (Å²) < 4.78 is 11.8. The molecule has 2 heterocycles. The first-order valence-corrected chi connectivity index (χ1v) is 13.1. The number of carbonyl (C=O) groups excluding carboxylic acids is 2. The van der Waals surface area contributed by atoms with E-state index in [0.29, 0.717) is 32.5 Å². The largest absolute Gasteiger partial charge is 0.494 e. The number of ether oxygens (including phenoxy) is 2. The molecule has 200 valence electrons. The fraction of sp³-hybridized carbons (Fsp3) is 0.500. The van der Waals surface area contributed by atoms with E-state index in [1.54, 1.807) is 7.05 Å². The Balaban J connectivity index is 1.22. The van der Waals surface area contributed by atoms with Crippen LogP contribution in [0.5, 0.6) is 11.5 Å². The number of nitrogens with zero attached hydrogens (tertiary/aromatic N) is 3. The average molecular weight is 530 g/mol. The maximum absolute atomic E-state index is 11.9. The summed E-state index contributed by atoms with van der Waals surface area (Å²) in [5.74, 6) is 1.31. The molecule has 0 aliphatic carbocycles. The van der Waals surface area contributed by atoms with Gasteiger partial charge < -0.3 is 19.5 Å². The Bertz CT molecular complexity index is 1100. The van der Waals surface area contributed by atoms with E-state index in [1.165, 1.54) is 9.80 Å². The molecular formula is C28H36ClN3O5. The van der Waals surface area contributed by atoms with E-state index in [1.807, 2.05) is 50.2 Å². The Morgan fingerprint density at radius 1 is 1.05 bits per heavy atom. The van der Waals surface area contributed by atoms with Crippen molar-refractivity contribution in [3.8, 4) is 11.5 Å². The van der Waals surface area contributed by atoms with Gasteiger partial charge in [-0.05, 0) is 80.6 Å². The highest BCUT2D eigenvalue weighted by Gasteiger charge is 2.34. The minimum absolute atomic E-state index is 0.143. The second-order valence-corrected chi connectivity index (χ2v) is 10.6. The Kier molecular flexibility index (Phi) is 8.62. The number of likely N-dealkylation sites (tertiary alicyclic amines) is 1. The number of β-amino-alcohol motifs (C(OH)–C–C–N with tert-alkyl or cyclic N) is 1. The van der Waals surface area contributed by atoms with Gasteiger partial charge in [0.2, 0.25) is 5.91 Å². The molecule has 2 aromatic carbocycles. The minimum Gasteiger partial charge on any atom is -0.494 e. The highest BCUT2D eigenvalue weighted by molar-refractivity contribution is 6.32. The Morgan fingerprint density at radius 2 is 1.76 bits per heavy atom. The number of hydrogen-bond donors (Lipinski definition) is 1. The van der Waals surface area contributed by atoms with E-state index in [-0.39, 0.29) is 25.1 Å². The van der Waals surface area contributed by atoms with Crippen molar-refractivity contribution < 1.29 is 24.2 Å². The van der Waals surface area contributed by atoms with E-state index in [4.69, 9.17) is 21.1 Å². The molecule has 37 heavy (non-hydrogen) atoms. The fourth-order valence-electron chi connectivity index (χ4n) is 4.92. The molecule has 0 aromatic heterocycles. The first kappa shape index (κ1) is 27.2. The minimum atomic E-state index is -0.907. The lowest BCUT2D eigenvalue weighted by Crippen LogP contribution is -2.51. The fourth-order valence-corrected chi connectivity index (χ4v) is 5.03. The number of aliphatic hydroxyl groups is 1. The molecule has 2 aliphatic heterocycles. The highest BCUT2D eigenvalue weighted by atomic mass is 35.5. The Hall–Kier alpha value is -2.81. The lowest BCUT2D eigenvalue weighted by Gasteiger charge is -2.39. The number of urea groups is 1. The number of aryl methyl sites for hydroxylation is 2. The van der Waals surface area contributed by atoms with Crippen molar-refractivity contribution >= 4 is 23.5 Å². The molecule has 0 spiro atoms. The van der Waals surface area contributed by atoms with E-state index in [9.17, 15) is 14.7 Å². The van der Waals surface area contributed by atoms with E-state index in [0.717, 1.165) is 52.7 Å². The molecule has 2 saturated heterocycles. The normalized spacial score (nSPS) is 20.6. The molecule has 1 unspecified atom stereocenters. The third-order valence-electron chi connectivity index (χ3n) is 6.91. The van der Waals surface area contributed by atoms with Crippen molar-refractivity contribution in [3.63, 3.8) is 0 Å². The van der Waals surface area contributed by atoms with Crippen LogP contribution in [0.3, 0.4) is 0 Å². The zero-order valence-electron chi connectivity index (χ0n) is 21.8. The van der Waals surface area contributed by atoms with Gasteiger partial charge in [-0.15, -0.1) is 0 Å². The number of imide groups is 1. The molecule has 4 rings (SSSR count). The van der Waals surface area contributed by atoms with Gasteiger partial charge in [-0.3, -0.25) is 14.6 Å². The number of amides is 3. The van der Waals surface area contributed by atoms with Crippen molar-refractivity contribution in [1.29, 1.82) is 0 Å². The molecule has 2 fully saturated rings. The smallest absolute Gasteiger partial charge is 0.326 e. The maximum Gasteiger partial charge on any atom is 0.326 e. The topological polar surface area (TPSA) is 82.6 Å². The van der Waals surface area contributed by atoms with Gasteiger partial charge in [0.25, 0.3) is 0 Å². The predicted octanol–water partition coefficient (Wildman–Crippen LogP) is 4.03. The van der Waals surface area contributed by atoms with Crippen LogP contribution < -0.4 is 9.47 Å². The van der Waals surface area contributed by atoms with Crippen molar-refractivity contribution in [1.82, 2.24) is 14.7 Å². The molecule has 9 heteroatoms. The number of hydrogen-bond acceptors (Lipinski definition) is 6. The zero-order valence-corrected chi connectivity index (χ0v) is 22.6. The van der Waals surface area contributed by atoms with Gasteiger partial charge in [-0.2, -0.15) is 0 Å². The summed E-state index contributed by atoms with van der Waals surface area (Å²) in [6, 6.07) is 11.5. The highest BCUT2D eigenvalue weighted by Crippen LogP contribution is 2.28. The van der Waals surface area contributed by atoms with Crippen LogP contribution in [-0.2, 0) is 11.3 Å². The van der Waals surface area contributed by atoms with Gasteiger partial charge in [0.15, 0.2) is 0 Å². The summed E-state index contributed by atoms with van der Waals surface area (Å²) in [5.41, 5.74) is 2.16. The van der Waals surface area contributed by atoms with Crippen LogP contribution in [0.15, 0.2) is 36.4 Å². The number of halogens is 1. The SMILES string of the molecule is Cc1cc(OCC2(O)CCCN(Cc3ccc(OCCCN4C(=O)CN(C)C4=O)cc3)C2)cc(C)c1Cl. The van der Waals surface area contributed by atoms with Crippen LogP contribution in [0.2, 0.25) is 5.02 Å². The summed E-state index contributed by atoms with van der Waals surface area (Å²) in [5, 5.41) is 11.9. The van der Waals surface area contributed by atoms with Gasteiger partial charge in [-0.1, -0.05) is 23.7 Å². The van der Waals surface area contributed by atoms with Crippen LogP contribution in [0, 0.1) is 13.8 Å². The number of likely N-dealkylation sites (N-methyl/N-ethyl adjacent to an activating group) is 1. The van der Waals surface area contributed by atoms with Crippen LogP contribution in [0.25, 0.3) is 0 Å². The van der Waals surface area contributed by atoms with Crippen molar-refractivity contribution in [2.75, 3.05) is 46.4 Å². The molecular weight excluding hydrogens is 494 g/mol. The monoisotopic (exact) mass is 529 g/mol. The maximum atomic E-state index is 11.9. The second kappa shape index (κ2) is 11.7. The number of carbonyl (C=O) groups is 2. The molecule has 3 amide bonds. The van der Waals surface area contributed by atoms with E-state index >= 15 is 0 Å². The first-order valence-electron chi connectivity index (χ1n) is 12.7. The number of rotatable bonds is 10. The van der Waals surface area contributed by atoms with E-state index < -0.39 is 5.60 Å². The number of benzene rings is 2. The molecule has 8 nitrogen and oxygen atoms in total. The Labute approximate surface area is 223 Å².